The zero-order chi connectivity index (χ0) is 21.5. The number of halogens is 2. The van der Waals surface area contributed by atoms with Gasteiger partial charge in [-0.25, -0.2) is 9.07 Å². The Kier molecular flexibility index (Phi) is 5.19. The maximum absolute atomic E-state index is 13.7. The maximum Gasteiger partial charge on any atom is 0.254 e. The lowest BCUT2D eigenvalue weighted by molar-refractivity contribution is -0.127. The van der Waals surface area contributed by atoms with Gasteiger partial charge in [0.15, 0.2) is 0 Å². The average Bonchev–Trinajstić information content (AvgIpc) is 3.41. The van der Waals surface area contributed by atoms with Crippen LogP contribution in [0.4, 0.5) is 15.9 Å². The van der Waals surface area contributed by atoms with E-state index in [-0.39, 0.29) is 17.8 Å². The molecule has 0 radical (unpaired) electrons. The number of thiophene rings is 1. The minimum absolute atomic E-state index is 0.000529. The van der Waals surface area contributed by atoms with E-state index in [0.29, 0.717) is 36.1 Å². The molecule has 31 heavy (non-hydrogen) atoms. The lowest BCUT2D eigenvalue weighted by atomic mass is 9.99. The molecule has 4 heterocycles. The van der Waals surface area contributed by atoms with Gasteiger partial charge in [-0.05, 0) is 43.3 Å². The fourth-order valence-electron chi connectivity index (χ4n) is 4.21. The van der Waals surface area contributed by atoms with Gasteiger partial charge in [-0.2, -0.15) is 5.10 Å². The van der Waals surface area contributed by atoms with Crippen LogP contribution in [0.5, 0.6) is 0 Å². The van der Waals surface area contributed by atoms with Crippen LogP contribution in [0.15, 0.2) is 59.9 Å². The number of nitrogens with one attached hydrogen (secondary N) is 1. The first-order valence-electron chi connectivity index (χ1n) is 10.1. The number of allylic oxidation sites excluding steroid dienone is 1. The van der Waals surface area contributed by atoms with Gasteiger partial charge >= 0.3 is 0 Å². The largest absolute Gasteiger partial charge is 0.368 e. The van der Waals surface area contributed by atoms with Gasteiger partial charge in [0.2, 0.25) is 0 Å². The van der Waals surface area contributed by atoms with Crippen LogP contribution in [-0.4, -0.2) is 46.8 Å². The average molecular weight is 458 g/mol. The first kappa shape index (κ1) is 20.1. The number of amides is 1. The van der Waals surface area contributed by atoms with Crippen LogP contribution in [0.2, 0.25) is 4.34 Å². The number of carbonyl (C=O) groups excluding carboxylic acids is 1. The molecule has 2 aliphatic rings. The summed E-state index contributed by atoms with van der Waals surface area (Å²) in [5.41, 5.74) is 2.48. The molecule has 0 bridgehead atoms. The summed E-state index contributed by atoms with van der Waals surface area (Å²) in [5, 5.41) is 7.78. The molecule has 1 atom stereocenters. The molecule has 0 spiro atoms. The summed E-state index contributed by atoms with van der Waals surface area (Å²) in [6.07, 6.45) is 1.73. The van der Waals surface area contributed by atoms with Gasteiger partial charge < -0.3 is 15.1 Å². The van der Waals surface area contributed by atoms with Crippen LogP contribution in [0.1, 0.15) is 17.8 Å². The van der Waals surface area contributed by atoms with Gasteiger partial charge in [-0.1, -0.05) is 11.6 Å². The number of hydrogen-bond donors (Lipinski definition) is 1. The molecule has 6 nitrogen and oxygen atoms in total. The van der Waals surface area contributed by atoms with E-state index in [1.54, 1.807) is 18.3 Å². The number of anilines is 2. The predicted molar refractivity (Wildman–Crippen MR) is 121 cm³/mol. The third-order valence-electron chi connectivity index (χ3n) is 5.76. The highest BCUT2D eigenvalue weighted by atomic mass is 35.5. The van der Waals surface area contributed by atoms with E-state index in [2.05, 4.69) is 15.3 Å². The number of aromatic nitrogens is 2. The molecule has 1 saturated heterocycles. The van der Waals surface area contributed by atoms with E-state index in [9.17, 15) is 9.18 Å². The van der Waals surface area contributed by atoms with Gasteiger partial charge in [0, 0.05) is 48.5 Å². The zero-order valence-electron chi connectivity index (χ0n) is 16.9. The van der Waals surface area contributed by atoms with Crippen LogP contribution in [0.25, 0.3) is 0 Å². The molecule has 9 heteroatoms. The number of hydrogen-bond acceptors (Lipinski definition) is 5. The fraction of sp³-hybridized carbons (Fsp3) is 0.273. The first-order valence-corrected chi connectivity index (χ1v) is 11.3. The number of rotatable bonds is 3. The molecule has 1 N–H and O–H groups in total. The van der Waals surface area contributed by atoms with Crippen molar-refractivity contribution in [3.63, 3.8) is 0 Å². The Morgan fingerprint density at radius 2 is 1.87 bits per heavy atom. The van der Waals surface area contributed by atoms with Gasteiger partial charge in [0.25, 0.3) is 5.91 Å². The smallest absolute Gasteiger partial charge is 0.254 e. The number of nitrogens with zero attached hydrogens (tertiary/aromatic N) is 4. The highest BCUT2D eigenvalue weighted by Gasteiger charge is 2.36. The molecule has 1 amide bonds. The Hall–Kier alpha value is -2.84. The molecule has 2 aromatic heterocycles. The van der Waals surface area contributed by atoms with E-state index < -0.39 is 0 Å². The Morgan fingerprint density at radius 3 is 2.55 bits per heavy atom. The van der Waals surface area contributed by atoms with E-state index >= 15 is 0 Å². The van der Waals surface area contributed by atoms with E-state index in [4.69, 9.17) is 11.6 Å². The van der Waals surface area contributed by atoms with Crippen LogP contribution >= 0.6 is 22.9 Å². The Bertz CT molecular complexity index is 1150. The van der Waals surface area contributed by atoms with Crippen LogP contribution in [0.3, 0.4) is 0 Å². The highest BCUT2D eigenvalue weighted by Crippen LogP contribution is 2.40. The van der Waals surface area contributed by atoms with Crippen LogP contribution in [-0.2, 0) is 4.79 Å². The van der Waals surface area contributed by atoms with Crippen molar-refractivity contribution in [3.05, 3.63) is 75.0 Å². The molecule has 1 aromatic carbocycles. The van der Waals surface area contributed by atoms with Crippen molar-refractivity contribution in [1.82, 2.24) is 14.7 Å². The molecule has 1 fully saturated rings. The highest BCUT2D eigenvalue weighted by molar-refractivity contribution is 7.16. The SMILES string of the molecule is CC1=C(C(=O)N2CCN(c3ccc(F)cc3)CC2)C(c2ccc(Cl)s2)n2nccc2N1. The number of carbonyl (C=O) groups is 1. The fourth-order valence-corrected chi connectivity index (χ4v) is 5.37. The van der Waals surface area contributed by atoms with Crippen molar-refractivity contribution in [2.75, 3.05) is 36.4 Å². The minimum Gasteiger partial charge on any atom is -0.368 e. The molecule has 0 saturated carbocycles. The molecule has 160 valence electrons. The van der Waals surface area contributed by atoms with Gasteiger partial charge in [0.05, 0.1) is 16.1 Å². The number of piperazine rings is 1. The Balaban J connectivity index is 1.39. The molecular weight excluding hydrogens is 437 g/mol. The Labute approximate surface area is 188 Å². The molecule has 1 unspecified atom stereocenters. The molecule has 3 aromatic rings. The minimum atomic E-state index is -0.314. The summed E-state index contributed by atoms with van der Waals surface area (Å²) in [5.74, 6) is 0.603. The van der Waals surface area contributed by atoms with Crippen molar-refractivity contribution < 1.29 is 9.18 Å². The van der Waals surface area contributed by atoms with Crippen molar-refractivity contribution in [3.8, 4) is 0 Å². The summed E-state index contributed by atoms with van der Waals surface area (Å²) in [6.45, 7) is 4.51. The number of fused-ring (bicyclic) bond motifs is 1. The molecular formula is C22H21ClFN5OS. The molecule has 0 aliphatic carbocycles. The van der Waals surface area contributed by atoms with Gasteiger partial charge in [-0.15, -0.1) is 11.3 Å². The summed E-state index contributed by atoms with van der Waals surface area (Å²) >= 11 is 7.67. The van der Waals surface area contributed by atoms with E-state index in [0.717, 1.165) is 22.1 Å². The third kappa shape index (κ3) is 3.70. The maximum atomic E-state index is 13.7. The third-order valence-corrected chi connectivity index (χ3v) is 7.04. The van der Waals surface area contributed by atoms with Gasteiger partial charge in [-0.3, -0.25) is 4.79 Å². The van der Waals surface area contributed by atoms with Crippen molar-refractivity contribution in [2.24, 2.45) is 0 Å². The number of benzene rings is 1. The lowest BCUT2D eigenvalue weighted by Gasteiger charge is -2.38. The molecule has 2 aliphatic heterocycles. The lowest BCUT2D eigenvalue weighted by Crippen LogP contribution is -2.50. The Morgan fingerprint density at radius 1 is 1.13 bits per heavy atom. The summed E-state index contributed by atoms with van der Waals surface area (Å²) in [7, 11) is 0. The van der Waals surface area contributed by atoms with Crippen molar-refractivity contribution >= 4 is 40.4 Å². The van der Waals surface area contributed by atoms with Crippen molar-refractivity contribution in [2.45, 2.75) is 13.0 Å². The van der Waals surface area contributed by atoms with Crippen molar-refractivity contribution in [1.29, 1.82) is 0 Å². The van der Waals surface area contributed by atoms with Crippen LogP contribution in [0, 0.1) is 5.82 Å². The monoisotopic (exact) mass is 457 g/mol. The van der Waals surface area contributed by atoms with E-state index in [1.165, 1.54) is 23.5 Å². The summed E-state index contributed by atoms with van der Waals surface area (Å²) < 4.78 is 15.8. The topological polar surface area (TPSA) is 53.4 Å². The quantitative estimate of drug-likeness (QED) is 0.634. The van der Waals surface area contributed by atoms with E-state index in [1.807, 2.05) is 34.7 Å². The zero-order valence-corrected chi connectivity index (χ0v) is 18.5. The normalized spacial score (nSPS) is 18.7. The van der Waals surface area contributed by atoms with Gasteiger partial charge in [0.1, 0.15) is 17.7 Å². The second kappa shape index (κ2) is 8.01. The summed E-state index contributed by atoms with van der Waals surface area (Å²) in [6, 6.07) is 11.9. The second-order valence-electron chi connectivity index (χ2n) is 7.62. The molecule has 5 rings (SSSR count). The predicted octanol–water partition coefficient (Wildman–Crippen LogP) is 4.37. The van der Waals surface area contributed by atoms with Crippen LogP contribution < -0.4 is 10.2 Å². The standard InChI is InChI=1S/C22H21ClFN5OS/c1-14-20(21(17-6-7-18(23)31-17)29-19(26-14)8-9-25-29)22(30)28-12-10-27(11-13-28)16-4-2-15(24)3-5-16/h2-9,21,26H,10-13H2,1H3. The summed E-state index contributed by atoms with van der Waals surface area (Å²) in [4.78, 5) is 18.7. The second-order valence-corrected chi connectivity index (χ2v) is 9.37. The first-order chi connectivity index (χ1) is 15.0.